The van der Waals surface area contributed by atoms with Gasteiger partial charge in [-0.05, 0) is 35.2 Å². The van der Waals surface area contributed by atoms with E-state index in [4.69, 9.17) is 4.74 Å². The predicted molar refractivity (Wildman–Crippen MR) is 108 cm³/mol. The molecule has 1 amide bonds. The second kappa shape index (κ2) is 7.80. The monoisotopic (exact) mass is 381 g/mol. The van der Waals surface area contributed by atoms with Crippen molar-refractivity contribution in [3.05, 3.63) is 71.1 Å². The first kappa shape index (κ1) is 18.2. The number of fused-ring (bicyclic) bond motifs is 1. The molecular formula is C22H23NO3S. The lowest BCUT2D eigenvalue weighted by Gasteiger charge is -2.36. The van der Waals surface area contributed by atoms with Gasteiger partial charge in [-0.1, -0.05) is 48.5 Å². The van der Waals surface area contributed by atoms with Gasteiger partial charge in [0.25, 0.3) is 0 Å². The molecule has 0 saturated carbocycles. The molecule has 1 saturated heterocycles. The van der Waals surface area contributed by atoms with E-state index in [-0.39, 0.29) is 12.5 Å². The Labute approximate surface area is 162 Å². The Bertz CT molecular complexity index is 915. The maximum absolute atomic E-state index is 13.2. The van der Waals surface area contributed by atoms with Gasteiger partial charge in [-0.25, -0.2) is 0 Å². The van der Waals surface area contributed by atoms with Crippen molar-refractivity contribution >= 4 is 27.3 Å². The average molecular weight is 381 g/mol. The van der Waals surface area contributed by atoms with Gasteiger partial charge in [-0.15, -0.1) is 11.3 Å². The fraction of sp³-hybridized carbons (Fsp3) is 0.318. The Morgan fingerprint density at radius 3 is 2.59 bits per heavy atom. The summed E-state index contributed by atoms with van der Waals surface area (Å²) in [5, 5.41) is 16.7. The number of rotatable bonds is 5. The first-order valence-corrected chi connectivity index (χ1v) is 10.1. The van der Waals surface area contributed by atoms with E-state index < -0.39 is 11.5 Å². The Morgan fingerprint density at radius 2 is 1.81 bits per heavy atom. The van der Waals surface area contributed by atoms with E-state index in [9.17, 15) is 9.90 Å². The van der Waals surface area contributed by atoms with Gasteiger partial charge in [-0.3, -0.25) is 4.79 Å². The minimum atomic E-state index is -0.724. The number of aliphatic hydroxyl groups is 1. The van der Waals surface area contributed by atoms with Crippen LogP contribution in [0.4, 0.5) is 0 Å². The first-order valence-electron chi connectivity index (χ1n) is 9.26. The SMILES string of the molecule is O=C(NC[C@@H](O)c1csc2ccccc12)C1(c2ccccc2)CCOCC1. The van der Waals surface area contributed by atoms with E-state index in [1.807, 2.05) is 60.0 Å². The molecule has 5 heteroatoms. The number of amides is 1. The summed E-state index contributed by atoms with van der Waals surface area (Å²) >= 11 is 1.61. The van der Waals surface area contributed by atoms with Crippen LogP contribution in [0.15, 0.2) is 60.0 Å². The molecule has 4 nitrogen and oxygen atoms in total. The number of carbonyl (C=O) groups excluding carboxylic acids is 1. The molecule has 4 rings (SSSR count). The van der Waals surface area contributed by atoms with Crippen LogP contribution in [0.3, 0.4) is 0 Å². The minimum Gasteiger partial charge on any atom is -0.387 e. The zero-order valence-corrected chi connectivity index (χ0v) is 15.9. The van der Waals surface area contributed by atoms with Gasteiger partial charge in [0.1, 0.15) is 0 Å². The maximum atomic E-state index is 13.2. The van der Waals surface area contributed by atoms with Gasteiger partial charge in [0, 0.05) is 30.0 Å². The van der Waals surface area contributed by atoms with Crippen LogP contribution in [0.25, 0.3) is 10.1 Å². The van der Waals surface area contributed by atoms with Crippen molar-refractivity contribution in [3.63, 3.8) is 0 Å². The molecule has 140 valence electrons. The van der Waals surface area contributed by atoms with Gasteiger partial charge in [0.15, 0.2) is 0 Å². The van der Waals surface area contributed by atoms with Crippen LogP contribution < -0.4 is 5.32 Å². The number of carbonyl (C=O) groups is 1. The van der Waals surface area contributed by atoms with Crippen LogP contribution in [-0.4, -0.2) is 30.8 Å². The Kier molecular flexibility index (Phi) is 5.25. The number of ether oxygens (including phenoxy) is 1. The molecule has 0 unspecified atom stereocenters. The predicted octanol–water partition coefficient (Wildman–Crippen LogP) is 3.80. The Morgan fingerprint density at radius 1 is 1.11 bits per heavy atom. The summed E-state index contributed by atoms with van der Waals surface area (Å²) in [6.07, 6.45) is 0.582. The first-order chi connectivity index (χ1) is 13.2. The molecule has 1 fully saturated rings. The van der Waals surface area contributed by atoms with Crippen LogP contribution in [0.2, 0.25) is 0 Å². The summed E-state index contributed by atoms with van der Waals surface area (Å²) in [5.41, 5.74) is 1.30. The normalized spacial score (nSPS) is 17.5. The molecule has 2 aromatic carbocycles. The molecule has 0 spiro atoms. The van der Waals surface area contributed by atoms with Gasteiger partial charge in [0.2, 0.25) is 5.91 Å². The van der Waals surface area contributed by atoms with Crippen molar-refractivity contribution in [3.8, 4) is 0 Å². The van der Waals surface area contributed by atoms with Gasteiger partial charge in [-0.2, -0.15) is 0 Å². The van der Waals surface area contributed by atoms with Crippen molar-refractivity contribution in [2.75, 3.05) is 19.8 Å². The van der Waals surface area contributed by atoms with Crippen LogP contribution >= 0.6 is 11.3 Å². The molecule has 2 heterocycles. The summed E-state index contributed by atoms with van der Waals surface area (Å²) in [5.74, 6) is -0.0319. The maximum Gasteiger partial charge on any atom is 0.230 e. The second-order valence-electron chi connectivity index (χ2n) is 6.97. The zero-order chi connectivity index (χ0) is 18.7. The molecule has 0 aliphatic carbocycles. The van der Waals surface area contributed by atoms with Crippen LogP contribution in [0.5, 0.6) is 0 Å². The van der Waals surface area contributed by atoms with Crippen molar-refractivity contribution in [2.24, 2.45) is 0 Å². The third-order valence-corrected chi connectivity index (χ3v) is 6.41. The van der Waals surface area contributed by atoms with Crippen molar-refractivity contribution in [1.82, 2.24) is 5.32 Å². The van der Waals surface area contributed by atoms with Crippen molar-refractivity contribution in [1.29, 1.82) is 0 Å². The van der Waals surface area contributed by atoms with E-state index in [1.165, 1.54) is 0 Å². The highest BCUT2D eigenvalue weighted by molar-refractivity contribution is 7.17. The highest BCUT2D eigenvalue weighted by Crippen LogP contribution is 2.35. The molecule has 27 heavy (non-hydrogen) atoms. The van der Waals surface area contributed by atoms with E-state index >= 15 is 0 Å². The summed E-state index contributed by atoms with van der Waals surface area (Å²) in [6.45, 7) is 1.34. The largest absolute Gasteiger partial charge is 0.387 e. The lowest BCUT2D eigenvalue weighted by atomic mass is 9.73. The van der Waals surface area contributed by atoms with E-state index in [0.717, 1.165) is 21.2 Å². The molecule has 0 bridgehead atoms. The molecule has 0 radical (unpaired) electrons. The molecule has 1 aliphatic heterocycles. The third-order valence-electron chi connectivity index (χ3n) is 5.43. The summed E-state index contributed by atoms with van der Waals surface area (Å²) < 4.78 is 6.64. The second-order valence-corrected chi connectivity index (χ2v) is 7.88. The van der Waals surface area contributed by atoms with Crippen molar-refractivity contribution in [2.45, 2.75) is 24.4 Å². The molecule has 1 aromatic heterocycles. The number of hydrogen-bond donors (Lipinski definition) is 2. The smallest absolute Gasteiger partial charge is 0.230 e. The lowest BCUT2D eigenvalue weighted by Crippen LogP contribution is -2.48. The fourth-order valence-electron chi connectivity index (χ4n) is 3.85. The third kappa shape index (κ3) is 3.50. The molecule has 2 N–H and O–H groups in total. The van der Waals surface area contributed by atoms with Gasteiger partial charge in [0.05, 0.1) is 11.5 Å². The number of benzene rings is 2. The molecule has 3 aromatic rings. The van der Waals surface area contributed by atoms with Crippen LogP contribution in [0.1, 0.15) is 30.1 Å². The molecular weight excluding hydrogens is 358 g/mol. The topological polar surface area (TPSA) is 58.6 Å². The quantitative estimate of drug-likeness (QED) is 0.707. The highest BCUT2D eigenvalue weighted by Gasteiger charge is 2.41. The average Bonchev–Trinajstić information content (AvgIpc) is 3.17. The number of thiophene rings is 1. The Hall–Kier alpha value is -2.21. The number of aliphatic hydroxyl groups excluding tert-OH is 1. The zero-order valence-electron chi connectivity index (χ0n) is 15.1. The minimum absolute atomic E-state index is 0.0319. The van der Waals surface area contributed by atoms with Gasteiger partial charge < -0.3 is 15.2 Å². The number of hydrogen-bond acceptors (Lipinski definition) is 4. The van der Waals surface area contributed by atoms with Crippen LogP contribution in [-0.2, 0) is 14.9 Å². The summed E-state index contributed by atoms with van der Waals surface area (Å²) in [4.78, 5) is 13.2. The van der Waals surface area contributed by atoms with Crippen molar-refractivity contribution < 1.29 is 14.6 Å². The molecule has 1 aliphatic rings. The molecule has 1 atom stereocenters. The van der Waals surface area contributed by atoms with Crippen LogP contribution in [0, 0.1) is 0 Å². The van der Waals surface area contributed by atoms with E-state index in [0.29, 0.717) is 26.1 Å². The van der Waals surface area contributed by atoms with Gasteiger partial charge >= 0.3 is 0 Å². The summed E-state index contributed by atoms with van der Waals surface area (Å²) in [6, 6.07) is 17.9. The highest BCUT2D eigenvalue weighted by atomic mass is 32.1. The number of nitrogens with one attached hydrogen (secondary N) is 1. The fourth-order valence-corrected chi connectivity index (χ4v) is 4.86. The lowest BCUT2D eigenvalue weighted by molar-refractivity contribution is -0.131. The van der Waals surface area contributed by atoms with E-state index in [1.54, 1.807) is 11.3 Å². The van der Waals surface area contributed by atoms with E-state index in [2.05, 4.69) is 5.32 Å². The Balaban J connectivity index is 1.51. The standard InChI is InChI=1S/C22H23NO3S/c24-19(18-15-27-20-9-5-4-8-17(18)20)14-23-21(25)22(10-12-26-13-11-22)16-6-2-1-3-7-16/h1-9,15,19,24H,10-14H2,(H,23,25)/t19-/m1/s1. The summed E-state index contributed by atoms with van der Waals surface area (Å²) in [7, 11) is 0.